The zero-order valence-electron chi connectivity index (χ0n) is 4.81. The molecular weight excluding hydrogens is 100 g/mol. The van der Waals surface area contributed by atoms with E-state index in [9.17, 15) is 4.79 Å². The van der Waals surface area contributed by atoms with Crippen molar-refractivity contribution in [1.29, 1.82) is 0 Å². The summed E-state index contributed by atoms with van der Waals surface area (Å²) in [6.07, 6.45) is 8.09. The summed E-state index contributed by atoms with van der Waals surface area (Å²) in [6.45, 7) is 0. The van der Waals surface area contributed by atoms with Crippen LogP contribution >= 0.6 is 0 Å². The Balaban J connectivity index is 2.33. The van der Waals surface area contributed by atoms with Crippen LogP contribution in [0.1, 0.15) is 25.7 Å². The maximum Gasteiger partial charge on any atom is 0.202 e. The molecule has 1 radical (unpaired) electrons. The molecule has 1 aliphatic rings. The van der Waals surface area contributed by atoms with Crippen molar-refractivity contribution in [2.45, 2.75) is 25.7 Å². The number of allylic oxidation sites excluding steroid dienone is 2. The number of rotatable bonds is 2. The molecule has 8 heavy (non-hydrogen) atoms. The molecule has 1 rings (SSSR count). The van der Waals surface area contributed by atoms with Crippen LogP contribution in [0.15, 0.2) is 11.6 Å². The Morgan fingerprint density at radius 3 is 3.12 bits per heavy atom. The van der Waals surface area contributed by atoms with E-state index < -0.39 is 0 Å². The van der Waals surface area contributed by atoms with Gasteiger partial charge in [0.2, 0.25) is 6.29 Å². The third kappa shape index (κ3) is 1.19. The average molecular weight is 109 g/mol. The molecule has 0 aromatic rings. The van der Waals surface area contributed by atoms with Gasteiger partial charge in [-0.05, 0) is 19.3 Å². The van der Waals surface area contributed by atoms with E-state index in [1.807, 2.05) is 6.29 Å². The molecular formula is C7H9O. The fraction of sp³-hybridized carbons (Fsp3) is 0.571. The van der Waals surface area contributed by atoms with Gasteiger partial charge in [-0.2, -0.15) is 0 Å². The zero-order chi connectivity index (χ0) is 5.82. The maximum absolute atomic E-state index is 9.80. The van der Waals surface area contributed by atoms with E-state index in [4.69, 9.17) is 0 Å². The molecule has 0 saturated carbocycles. The monoisotopic (exact) mass is 109 g/mol. The molecule has 1 nitrogen and oxygen atoms in total. The molecule has 43 valence electrons. The molecule has 0 heterocycles. The van der Waals surface area contributed by atoms with Crippen LogP contribution in [-0.2, 0) is 4.79 Å². The molecule has 0 amide bonds. The van der Waals surface area contributed by atoms with Crippen molar-refractivity contribution in [3.8, 4) is 0 Å². The van der Waals surface area contributed by atoms with Gasteiger partial charge < -0.3 is 0 Å². The van der Waals surface area contributed by atoms with Gasteiger partial charge in [0.05, 0.1) is 0 Å². The molecule has 0 atom stereocenters. The van der Waals surface area contributed by atoms with Crippen molar-refractivity contribution in [1.82, 2.24) is 0 Å². The van der Waals surface area contributed by atoms with Crippen LogP contribution in [0.4, 0.5) is 0 Å². The second kappa shape index (κ2) is 2.65. The highest BCUT2D eigenvalue weighted by Gasteiger charge is 2.01. The summed E-state index contributed by atoms with van der Waals surface area (Å²) in [5.41, 5.74) is 1.28. The van der Waals surface area contributed by atoms with Gasteiger partial charge in [0.15, 0.2) is 0 Å². The summed E-state index contributed by atoms with van der Waals surface area (Å²) in [5.74, 6) is 0. The number of hydrogen-bond donors (Lipinski definition) is 0. The van der Waals surface area contributed by atoms with Gasteiger partial charge in [-0.1, -0.05) is 11.6 Å². The lowest BCUT2D eigenvalue weighted by atomic mass is 10.2. The molecule has 0 N–H and O–H groups in total. The zero-order valence-corrected chi connectivity index (χ0v) is 4.81. The lowest BCUT2D eigenvalue weighted by molar-refractivity contribution is 0.554. The Bertz CT molecular complexity index is 114. The second-order valence-corrected chi connectivity index (χ2v) is 2.08. The van der Waals surface area contributed by atoms with Gasteiger partial charge >= 0.3 is 0 Å². The summed E-state index contributed by atoms with van der Waals surface area (Å²) in [4.78, 5) is 9.80. The minimum atomic E-state index is 0.542. The predicted molar refractivity (Wildman–Crippen MR) is 32.2 cm³/mol. The maximum atomic E-state index is 9.80. The average Bonchev–Trinajstić information content (AvgIpc) is 2.19. The van der Waals surface area contributed by atoms with Crippen LogP contribution in [0.5, 0.6) is 0 Å². The minimum Gasteiger partial charge on any atom is -0.291 e. The van der Waals surface area contributed by atoms with E-state index in [2.05, 4.69) is 6.08 Å². The molecule has 0 saturated heterocycles. The van der Waals surface area contributed by atoms with Crippen molar-refractivity contribution in [3.05, 3.63) is 11.6 Å². The van der Waals surface area contributed by atoms with Gasteiger partial charge in [-0.3, -0.25) is 4.79 Å². The first-order valence-corrected chi connectivity index (χ1v) is 2.96. The summed E-state index contributed by atoms with van der Waals surface area (Å²) < 4.78 is 0. The van der Waals surface area contributed by atoms with Crippen LogP contribution in [0.3, 0.4) is 0 Å². The topological polar surface area (TPSA) is 17.1 Å². The first-order valence-electron chi connectivity index (χ1n) is 2.96. The van der Waals surface area contributed by atoms with E-state index >= 15 is 0 Å². The third-order valence-corrected chi connectivity index (χ3v) is 1.43. The highest BCUT2D eigenvalue weighted by molar-refractivity contribution is 5.55. The molecule has 0 aliphatic heterocycles. The van der Waals surface area contributed by atoms with Gasteiger partial charge in [-0.25, -0.2) is 0 Å². The molecule has 0 bridgehead atoms. The minimum absolute atomic E-state index is 0.542. The first kappa shape index (κ1) is 5.54. The Morgan fingerprint density at radius 2 is 2.62 bits per heavy atom. The number of hydrogen-bond acceptors (Lipinski definition) is 1. The van der Waals surface area contributed by atoms with Crippen molar-refractivity contribution in [2.24, 2.45) is 0 Å². The van der Waals surface area contributed by atoms with Crippen molar-refractivity contribution in [2.75, 3.05) is 0 Å². The molecule has 0 fully saturated rings. The van der Waals surface area contributed by atoms with Crippen molar-refractivity contribution >= 4 is 6.29 Å². The lowest BCUT2D eigenvalue weighted by Gasteiger charge is -1.87. The van der Waals surface area contributed by atoms with E-state index in [0.29, 0.717) is 6.42 Å². The van der Waals surface area contributed by atoms with E-state index in [0.717, 1.165) is 12.8 Å². The van der Waals surface area contributed by atoms with E-state index in [-0.39, 0.29) is 0 Å². The molecule has 0 aromatic heterocycles. The fourth-order valence-corrected chi connectivity index (χ4v) is 0.991. The Kier molecular flexibility index (Phi) is 1.84. The van der Waals surface area contributed by atoms with Gasteiger partial charge in [0.1, 0.15) is 0 Å². The highest BCUT2D eigenvalue weighted by atomic mass is 16.1. The van der Waals surface area contributed by atoms with E-state index in [1.165, 1.54) is 12.0 Å². The molecule has 1 heteroatoms. The number of carbonyl (C=O) groups excluding carboxylic acids is 1. The predicted octanol–water partition coefficient (Wildman–Crippen LogP) is 1.60. The molecule has 0 aromatic carbocycles. The van der Waals surface area contributed by atoms with Gasteiger partial charge in [-0.15, -0.1) is 0 Å². The SMILES string of the molecule is O=[C]CC1=CCCC1. The van der Waals surface area contributed by atoms with Crippen LogP contribution in [0.25, 0.3) is 0 Å². The van der Waals surface area contributed by atoms with Crippen LogP contribution in [0, 0.1) is 0 Å². The lowest BCUT2D eigenvalue weighted by Crippen LogP contribution is -1.76. The summed E-state index contributed by atoms with van der Waals surface area (Å²) in [7, 11) is 0. The fourth-order valence-electron chi connectivity index (χ4n) is 0.991. The third-order valence-electron chi connectivity index (χ3n) is 1.43. The Morgan fingerprint density at radius 1 is 1.75 bits per heavy atom. The Labute approximate surface area is 49.4 Å². The molecule has 1 aliphatic carbocycles. The standard InChI is InChI=1S/C7H9O/c8-6-5-7-3-1-2-4-7/h3H,1-2,4-5H2. The molecule has 0 unspecified atom stereocenters. The van der Waals surface area contributed by atoms with Crippen molar-refractivity contribution < 1.29 is 4.79 Å². The smallest absolute Gasteiger partial charge is 0.202 e. The summed E-state index contributed by atoms with van der Waals surface area (Å²) in [6, 6.07) is 0. The summed E-state index contributed by atoms with van der Waals surface area (Å²) >= 11 is 0. The largest absolute Gasteiger partial charge is 0.291 e. The van der Waals surface area contributed by atoms with Crippen LogP contribution in [0.2, 0.25) is 0 Å². The van der Waals surface area contributed by atoms with Gasteiger partial charge in [0, 0.05) is 6.42 Å². The quantitative estimate of drug-likeness (QED) is 0.492. The second-order valence-electron chi connectivity index (χ2n) is 2.08. The van der Waals surface area contributed by atoms with Crippen molar-refractivity contribution in [3.63, 3.8) is 0 Å². The highest BCUT2D eigenvalue weighted by Crippen LogP contribution is 2.18. The van der Waals surface area contributed by atoms with E-state index in [1.54, 1.807) is 0 Å². The Hall–Kier alpha value is -0.590. The molecule has 0 spiro atoms. The van der Waals surface area contributed by atoms with Gasteiger partial charge in [0.25, 0.3) is 0 Å². The summed E-state index contributed by atoms with van der Waals surface area (Å²) in [5, 5.41) is 0. The van der Waals surface area contributed by atoms with Crippen LogP contribution < -0.4 is 0 Å². The normalized spacial score (nSPS) is 18.2. The first-order chi connectivity index (χ1) is 3.93. The van der Waals surface area contributed by atoms with Crippen LogP contribution in [-0.4, -0.2) is 6.29 Å².